The monoisotopic (exact) mass is 410 g/mol. The first-order valence-electron chi connectivity index (χ1n) is 9.45. The first kappa shape index (κ1) is 19.6. The second kappa shape index (κ2) is 7.62. The standard InChI is InChI=1S/C22H22N2O6/c1-12(2)24-21(25)19(13-5-7-15(27-3)17(9-13)28-4)20(22(24)26)23-14-6-8-16-18(10-14)30-11-29-16/h5-10,12,23H,11H2,1-4H3. The zero-order valence-corrected chi connectivity index (χ0v) is 17.1. The van der Waals surface area contributed by atoms with Gasteiger partial charge in [0.15, 0.2) is 23.0 Å². The SMILES string of the molecule is COc1ccc(C2=C(Nc3ccc4c(c3)OCO4)C(=O)N(C(C)C)C2=O)cc1OC. The molecular formula is C22H22N2O6. The normalized spacial score (nSPS) is 15.3. The number of anilines is 1. The van der Waals surface area contributed by atoms with E-state index in [0.717, 1.165) is 0 Å². The lowest BCUT2D eigenvalue weighted by Gasteiger charge is -2.19. The lowest BCUT2D eigenvalue weighted by molar-refractivity contribution is -0.138. The van der Waals surface area contributed by atoms with Gasteiger partial charge in [-0.15, -0.1) is 0 Å². The fourth-order valence-electron chi connectivity index (χ4n) is 3.51. The van der Waals surface area contributed by atoms with Crippen LogP contribution in [-0.2, 0) is 9.59 Å². The number of nitrogens with one attached hydrogen (secondary N) is 1. The number of hydrogen-bond acceptors (Lipinski definition) is 7. The van der Waals surface area contributed by atoms with Gasteiger partial charge < -0.3 is 24.3 Å². The minimum atomic E-state index is -0.391. The molecule has 2 amide bonds. The smallest absolute Gasteiger partial charge is 0.278 e. The molecule has 2 aliphatic heterocycles. The van der Waals surface area contributed by atoms with Crippen LogP contribution in [0.3, 0.4) is 0 Å². The van der Waals surface area contributed by atoms with Crippen molar-refractivity contribution in [1.29, 1.82) is 0 Å². The largest absolute Gasteiger partial charge is 0.493 e. The number of methoxy groups -OCH3 is 2. The summed E-state index contributed by atoms with van der Waals surface area (Å²) in [6, 6.07) is 10.1. The molecule has 0 saturated heterocycles. The summed E-state index contributed by atoms with van der Waals surface area (Å²) < 4.78 is 21.4. The van der Waals surface area contributed by atoms with Crippen LogP contribution >= 0.6 is 0 Å². The van der Waals surface area contributed by atoms with Crippen molar-refractivity contribution in [3.8, 4) is 23.0 Å². The quantitative estimate of drug-likeness (QED) is 0.733. The average molecular weight is 410 g/mol. The van der Waals surface area contributed by atoms with E-state index in [1.807, 2.05) is 0 Å². The summed E-state index contributed by atoms with van der Waals surface area (Å²) in [6.45, 7) is 3.74. The molecule has 2 aromatic carbocycles. The summed E-state index contributed by atoms with van der Waals surface area (Å²) in [4.78, 5) is 27.6. The highest BCUT2D eigenvalue weighted by molar-refractivity contribution is 6.36. The first-order valence-corrected chi connectivity index (χ1v) is 9.45. The highest BCUT2D eigenvalue weighted by Crippen LogP contribution is 2.38. The van der Waals surface area contributed by atoms with Gasteiger partial charge in [-0.05, 0) is 43.7 Å². The van der Waals surface area contributed by atoms with Gasteiger partial charge in [0.2, 0.25) is 6.79 Å². The molecule has 0 unspecified atom stereocenters. The first-order chi connectivity index (χ1) is 14.4. The lowest BCUT2D eigenvalue weighted by Crippen LogP contribution is -2.38. The minimum Gasteiger partial charge on any atom is -0.493 e. The Morgan fingerprint density at radius 3 is 2.37 bits per heavy atom. The van der Waals surface area contributed by atoms with E-state index in [0.29, 0.717) is 34.2 Å². The van der Waals surface area contributed by atoms with Crippen molar-refractivity contribution in [2.45, 2.75) is 19.9 Å². The highest BCUT2D eigenvalue weighted by Gasteiger charge is 2.41. The topological polar surface area (TPSA) is 86.3 Å². The van der Waals surface area contributed by atoms with Gasteiger partial charge in [0.1, 0.15) is 5.70 Å². The summed E-state index contributed by atoms with van der Waals surface area (Å²) in [5, 5.41) is 3.11. The van der Waals surface area contributed by atoms with Crippen molar-refractivity contribution < 1.29 is 28.5 Å². The fraction of sp³-hybridized carbons (Fsp3) is 0.273. The maximum atomic E-state index is 13.2. The highest BCUT2D eigenvalue weighted by atomic mass is 16.7. The molecule has 0 spiro atoms. The molecule has 0 aliphatic carbocycles. The third-order valence-electron chi connectivity index (χ3n) is 4.95. The van der Waals surface area contributed by atoms with Crippen LogP contribution in [0, 0.1) is 0 Å². The molecule has 1 N–H and O–H groups in total. The molecule has 30 heavy (non-hydrogen) atoms. The van der Waals surface area contributed by atoms with E-state index < -0.39 is 5.91 Å². The molecule has 4 rings (SSSR count). The van der Waals surface area contributed by atoms with E-state index in [1.165, 1.54) is 19.1 Å². The number of hydrogen-bond donors (Lipinski definition) is 1. The summed E-state index contributed by atoms with van der Waals surface area (Å²) in [7, 11) is 3.05. The molecule has 2 aromatic rings. The molecule has 0 fully saturated rings. The van der Waals surface area contributed by atoms with E-state index in [-0.39, 0.29) is 30.0 Å². The molecule has 8 heteroatoms. The Morgan fingerprint density at radius 2 is 1.67 bits per heavy atom. The maximum absolute atomic E-state index is 13.2. The second-order valence-electron chi connectivity index (χ2n) is 7.09. The zero-order valence-electron chi connectivity index (χ0n) is 17.1. The third kappa shape index (κ3) is 3.20. The van der Waals surface area contributed by atoms with Crippen molar-refractivity contribution in [1.82, 2.24) is 4.90 Å². The molecular weight excluding hydrogens is 388 g/mol. The van der Waals surface area contributed by atoms with Crippen molar-refractivity contribution in [2.75, 3.05) is 26.3 Å². The van der Waals surface area contributed by atoms with Crippen molar-refractivity contribution in [3.63, 3.8) is 0 Å². The molecule has 0 bridgehead atoms. The van der Waals surface area contributed by atoms with Crippen LogP contribution in [0.1, 0.15) is 19.4 Å². The van der Waals surface area contributed by atoms with Crippen LogP contribution in [-0.4, -0.2) is 43.8 Å². The van der Waals surface area contributed by atoms with E-state index in [2.05, 4.69) is 5.32 Å². The summed E-state index contributed by atoms with van der Waals surface area (Å²) in [6.07, 6.45) is 0. The fourth-order valence-corrected chi connectivity index (χ4v) is 3.51. The Balaban J connectivity index is 1.80. The second-order valence-corrected chi connectivity index (χ2v) is 7.09. The van der Waals surface area contributed by atoms with Crippen molar-refractivity contribution in [3.05, 3.63) is 47.7 Å². The number of ether oxygens (including phenoxy) is 4. The van der Waals surface area contributed by atoms with Crippen molar-refractivity contribution in [2.24, 2.45) is 0 Å². The van der Waals surface area contributed by atoms with Gasteiger partial charge in [-0.2, -0.15) is 0 Å². The summed E-state index contributed by atoms with van der Waals surface area (Å²) in [5.41, 5.74) is 1.63. The summed E-state index contributed by atoms with van der Waals surface area (Å²) in [5.74, 6) is 1.44. The number of rotatable bonds is 6. The van der Waals surface area contributed by atoms with Crippen LogP contribution < -0.4 is 24.3 Å². The minimum absolute atomic E-state index is 0.150. The van der Waals surface area contributed by atoms with Gasteiger partial charge in [-0.3, -0.25) is 14.5 Å². The van der Waals surface area contributed by atoms with Gasteiger partial charge in [0, 0.05) is 17.8 Å². The van der Waals surface area contributed by atoms with Gasteiger partial charge in [0.25, 0.3) is 11.8 Å². The van der Waals surface area contributed by atoms with Crippen LogP contribution in [0.5, 0.6) is 23.0 Å². The molecule has 0 aromatic heterocycles. The number of imide groups is 1. The Labute approximate surface area is 174 Å². The van der Waals surface area contributed by atoms with Crippen LogP contribution in [0.25, 0.3) is 5.57 Å². The lowest BCUT2D eigenvalue weighted by atomic mass is 10.0. The van der Waals surface area contributed by atoms with Gasteiger partial charge in [-0.25, -0.2) is 0 Å². The molecule has 8 nitrogen and oxygen atoms in total. The van der Waals surface area contributed by atoms with E-state index >= 15 is 0 Å². The number of benzene rings is 2. The molecule has 0 saturated carbocycles. The molecule has 156 valence electrons. The van der Waals surface area contributed by atoms with Gasteiger partial charge in [-0.1, -0.05) is 6.07 Å². The number of amides is 2. The molecule has 2 aliphatic rings. The summed E-state index contributed by atoms with van der Waals surface area (Å²) >= 11 is 0. The Bertz CT molecular complexity index is 1060. The van der Waals surface area contributed by atoms with Crippen molar-refractivity contribution >= 4 is 23.1 Å². The molecule has 0 radical (unpaired) electrons. The van der Waals surface area contributed by atoms with E-state index in [4.69, 9.17) is 18.9 Å². The Hall–Kier alpha value is -3.68. The average Bonchev–Trinajstić information content (AvgIpc) is 3.29. The predicted octanol–water partition coefficient (Wildman–Crippen LogP) is 3.03. The van der Waals surface area contributed by atoms with Crippen LogP contribution in [0.15, 0.2) is 42.1 Å². The Morgan fingerprint density at radius 1 is 0.933 bits per heavy atom. The third-order valence-corrected chi connectivity index (χ3v) is 4.95. The predicted molar refractivity (Wildman–Crippen MR) is 110 cm³/mol. The number of nitrogens with zero attached hydrogens (tertiary/aromatic N) is 1. The maximum Gasteiger partial charge on any atom is 0.278 e. The number of carbonyl (C=O) groups is 2. The van der Waals surface area contributed by atoms with Crippen LogP contribution in [0.4, 0.5) is 5.69 Å². The molecule has 2 heterocycles. The van der Waals surface area contributed by atoms with Crippen LogP contribution in [0.2, 0.25) is 0 Å². The van der Waals surface area contributed by atoms with Gasteiger partial charge >= 0.3 is 0 Å². The zero-order chi connectivity index (χ0) is 21.4. The molecule has 0 atom stereocenters. The number of carbonyl (C=O) groups excluding carboxylic acids is 2. The van der Waals surface area contributed by atoms with E-state index in [9.17, 15) is 9.59 Å². The number of fused-ring (bicyclic) bond motifs is 1. The van der Waals surface area contributed by atoms with E-state index in [1.54, 1.807) is 50.2 Å². The van der Waals surface area contributed by atoms with Gasteiger partial charge in [0.05, 0.1) is 19.8 Å². The Kier molecular flexibility index (Phi) is 4.99.